The van der Waals surface area contributed by atoms with Crippen molar-refractivity contribution in [2.24, 2.45) is 0 Å². The second kappa shape index (κ2) is 5.38. The van der Waals surface area contributed by atoms with Crippen LogP contribution >= 0.6 is 0 Å². The van der Waals surface area contributed by atoms with E-state index < -0.39 is 10.0 Å². The number of anilines is 1. The maximum absolute atomic E-state index is 12.4. The van der Waals surface area contributed by atoms with Gasteiger partial charge in [0.1, 0.15) is 6.33 Å². The normalized spacial score (nSPS) is 12.0. The summed E-state index contributed by atoms with van der Waals surface area (Å²) >= 11 is 0. The molecule has 7 nitrogen and oxygen atoms in total. The fourth-order valence-corrected chi connectivity index (χ4v) is 3.01. The van der Waals surface area contributed by atoms with Crippen LogP contribution in [0.2, 0.25) is 0 Å². The summed E-state index contributed by atoms with van der Waals surface area (Å²) in [4.78, 5) is 0.197. The predicted octanol–water partition coefficient (Wildman–Crippen LogP) is 2.05. The fourth-order valence-electron chi connectivity index (χ4n) is 2.01. The summed E-state index contributed by atoms with van der Waals surface area (Å²) in [7, 11) is -3.67. The van der Waals surface area contributed by atoms with Gasteiger partial charge in [-0.15, -0.1) is 15.3 Å². The second-order valence-corrected chi connectivity index (χ2v) is 6.86. The van der Waals surface area contributed by atoms with Crippen molar-refractivity contribution in [3.8, 4) is 0 Å². The summed E-state index contributed by atoms with van der Waals surface area (Å²) in [5.74, 6) is 0.558. The third-order valence-corrected chi connectivity index (χ3v) is 4.63. The van der Waals surface area contributed by atoms with Crippen molar-refractivity contribution in [1.29, 1.82) is 0 Å². The number of hydrogen-bond acceptors (Lipinski definition) is 5. The van der Waals surface area contributed by atoms with Gasteiger partial charge >= 0.3 is 0 Å². The number of hydrogen-bond donors (Lipinski definition) is 1. The van der Waals surface area contributed by atoms with Crippen LogP contribution in [0.3, 0.4) is 0 Å². The van der Waals surface area contributed by atoms with Crippen LogP contribution in [0.1, 0.15) is 25.3 Å². The highest BCUT2D eigenvalue weighted by Gasteiger charge is 2.15. The monoisotopic (exact) mass is 317 g/mol. The molecule has 0 saturated carbocycles. The zero-order valence-corrected chi connectivity index (χ0v) is 12.9. The first-order valence-electron chi connectivity index (χ1n) is 6.75. The summed E-state index contributed by atoms with van der Waals surface area (Å²) in [5, 5.41) is 11.6. The molecule has 1 N–H and O–H groups in total. The molecule has 0 bridgehead atoms. The van der Waals surface area contributed by atoms with E-state index in [0.29, 0.717) is 11.6 Å². The first-order valence-corrected chi connectivity index (χ1v) is 8.24. The number of nitrogens with one attached hydrogen (secondary N) is 1. The lowest BCUT2D eigenvalue weighted by Gasteiger charge is -2.09. The summed E-state index contributed by atoms with van der Waals surface area (Å²) in [6, 6.07) is 10.00. The topological polar surface area (TPSA) is 89.2 Å². The van der Waals surface area contributed by atoms with Gasteiger partial charge < -0.3 is 0 Å². The van der Waals surface area contributed by atoms with Crippen molar-refractivity contribution < 1.29 is 8.42 Å². The van der Waals surface area contributed by atoms with Crippen LogP contribution in [0.25, 0.3) is 5.65 Å². The fraction of sp³-hybridized carbons (Fsp3) is 0.214. The lowest BCUT2D eigenvalue weighted by Crippen LogP contribution is -2.14. The first kappa shape index (κ1) is 14.5. The van der Waals surface area contributed by atoms with Crippen LogP contribution in [0.4, 0.5) is 5.82 Å². The van der Waals surface area contributed by atoms with Gasteiger partial charge in [0.25, 0.3) is 10.0 Å². The summed E-state index contributed by atoms with van der Waals surface area (Å²) in [6.07, 6.45) is 1.41. The minimum atomic E-state index is -3.67. The molecule has 3 rings (SSSR count). The van der Waals surface area contributed by atoms with Crippen molar-refractivity contribution in [1.82, 2.24) is 19.8 Å². The molecule has 0 aliphatic carbocycles. The Morgan fingerprint density at radius 3 is 2.50 bits per heavy atom. The Kier molecular flexibility index (Phi) is 3.53. The molecule has 0 fully saturated rings. The molecule has 0 aliphatic heterocycles. The van der Waals surface area contributed by atoms with Gasteiger partial charge in [0.2, 0.25) is 0 Å². The zero-order valence-electron chi connectivity index (χ0n) is 12.1. The third-order valence-electron chi connectivity index (χ3n) is 3.26. The van der Waals surface area contributed by atoms with E-state index in [1.807, 2.05) is 12.1 Å². The second-order valence-electron chi connectivity index (χ2n) is 5.18. The highest BCUT2D eigenvalue weighted by atomic mass is 32.2. The van der Waals surface area contributed by atoms with Gasteiger partial charge in [0.05, 0.1) is 4.90 Å². The van der Waals surface area contributed by atoms with Crippen molar-refractivity contribution in [3.63, 3.8) is 0 Å². The van der Waals surface area contributed by atoms with Crippen molar-refractivity contribution in [3.05, 3.63) is 48.3 Å². The lowest BCUT2D eigenvalue weighted by molar-refractivity contribution is 0.600. The van der Waals surface area contributed by atoms with Gasteiger partial charge in [0.15, 0.2) is 11.5 Å². The molecule has 0 unspecified atom stereocenters. The van der Waals surface area contributed by atoms with Crippen LogP contribution in [0.5, 0.6) is 0 Å². The molecule has 0 spiro atoms. The van der Waals surface area contributed by atoms with E-state index in [-0.39, 0.29) is 10.7 Å². The smallest absolute Gasteiger partial charge is 0.262 e. The highest BCUT2D eigenvalue weighted by Crippen LogP contribution is 2.19. The van der Waals surface area contributed by atoms with E-state index in [9.17, 15) is 8.42 Å². The summed E-state index contributed by atoms with van der Waals surface area (Å²) in [5.41, 5.74) is 1.63. The SMILES string of the molecule is CC(C)c1ccc(S(=O)(=O)Nc2ccc3nncn3n2)cc1. The number of aromatic nitrogens is 4. The highest BCUT2D eigenvalue weighted by molar-refractivity contribution is 7.92. The van der Waals surface area contributed by atoms with Crippen LogP contribution in [-0.4, -0.2) is 28.2 Å². The number of fused-ring (bicyclic) bond motifs is 1. The summed E-state index contributed by atoms with van der Waals surface area (Å²) in [6.45, 7) is 4.11. The van der Waals surface area contributed by atoms with Crippen LogP contribution in [0.15, 0.2) is 47.6 Å². The van der Waals surface area contributed by atoms with Gasteiger partial charge in [-0.2, -0.15) is 4.52 Å². The molecule has 2 aromatic heterocycles. The maximum Gasteiger partial charge on any atom is 0.263 e. The van der Waals surface area contributed by atoms with Crippen molar-refractivity contribution in [2.45, 2.75) is 24.7 Å². The Morgan fingerprint density at radius 2 is 1.82 bits per heavy atom. The quantitative estimate of drug-likeness (QED) is 0.795. The van der Waals surface area contributed by atoms with Gasteiger partial charge in [-0.1, -0.05) is 26.0 Å². The molecule has 0 amide bonds. The third kappa shape index (κ3) is 2.77. The van der Waals surface area contributed by atoms with E-state index in [1.54, 1.807) is 24.3 Å². The van der Waals surface area contributed by atoms with Crippen molar-refractivity contribution in [2.75, 3.05) is 4.72 Å². The molecular formula is C14H15N5O2S. The van der Waals surface area contributed by atoms with E-state index in [1.165, 1.54) is 10.8 Å². The molecule has 8 heteroatoms. The number of nitrogens with zero attached hydrogens (tertiary/aromatic N) is 4. The molecule has 0 aliphatic rings. The van der Waals surface area contributed by atoms with E-state index >= 15 is 0 Å². The molecule has 0 radical (unpaired) electrons. The molecule has 2 heterocycles. The van der Waals surface area contributed by atoms with E-state index in [4.69, 9.17) is 0 Å². The molecule has 3 aromatic rings. The van der Waals surface area contributed by atoms with Gasteiger partial charge in [-0.3, -0.25) is 4.72 Å². The van der Waals surface area contributed by atoms with E-state index in [0.717, 1.165) is 5.56 Å². The zero-order chi connectivity index (χ0) is 15.7. The molecule has 22 heavy (non-hydrogen) atoms. The average Bonchev–Trinajstić information content (AvgIpc) is 2.94. The van der Waals surface area contributed by atoms with Crippen LogP contribution < -0.4 is 4.72 Å². The Morgan fingerprint density at radius 1 is 1.09 bits per heavy atom. The standard InChI is InChI=1S/C14H15N5O2S/c1-10(2)11-3-5-12(6-4-11)22(20,21)18-13-7-8-14-16-15-9-19(14)17-13/h3-10H,1-2H3,(H,17,18). The maximum atomic E-state index is 12.4. The minimum absolute atomic E-state index is 0.197. The van der Waals surface area contributed by atoms with Gasteiger partial charge in [-0.25, -0.2) is 8.42 Å². The Balaban J connectivity index is 1.88. The molecule has 0 atom stereocenters. The number of rotatable bonds is 4. The summed E-state index contributed by atoms with van der Waals surface area (Å²) < 4.78 is 28.6. The predicted molar refractivity (Wildman–Crippen MR) is 82.1 cm³/mol. The molecule has 114 valence electrons. The molecule has 1 aromatic carbocycles. The van der Waals surface area contributed by atoms with E-state index in [2.05, 4.69) is 33.9 Å². The Bertz CT molecular complexity index is 900. The van der Waals surface area contributed by atoms with Gasteiger partial charge in [0, 0.05) is 0 Å². The Hall–Kier alpha value is -2.48. The molecule has 0 saturated heterocycles. The average molecular weight is 317 g/mol. The van der Waals surface area contributed by atoms with Crippen molar-refractivity contribution >= 4 is 21.5 Å². The number of benzene rings is 1. The lowest BCUT2D eigenvalue weighted by atomic mass is 10.0. The number of sulfonamides is 1. The van der Waals surface area contributed by atoms with Crippen LogP contribution in [0, 0.1) is 0 Å². The minimum Gasteiger partial charge on any atom is -0.262 e. The largest absolute Gasteiger partial charge is 0.263 e. The van der Waals surface area contributed by atoms with Crippen LogP contribution in [-0.2, 0) is 10.0 Å². The first-order chi connectivity index (χ1) is 10.5. The van der Waals surface area contributed by atoms with Gasteiger partial charge in [-0.05, 0) is 35.7 Å². The molecular weight excluding hydrogens is 302 g/mol. The Labute approximate surface area is 128 Å².